The minimum Gasteiger partial charge on any atom is -0.465 e. The van der Waals surface area contributed by atoms with Gasteiger partial charge in [0.15, 0.2) is 5.82 Å². The lowest BCUT2D eigenvalue weighted by Gasteiger charge is -2.03. The highest BCUT2D eigenvalue weighted by atomic mass is 16.3. The van der Waals surface area contributed by atoms with E-state index in [2.05, 4.69) is 9.97 Å². The van der Waals surface area contributed by atoms with Crippen LogP contribution in [0.25, 0.3) is 22.6 Å². The number of aromatic nitrogens is 2. The van der Waals surface area contributed by atoms with E-state index in [1.54, 1.807) is 30.3 Å². The summed E-state index contributed by atoms with van der Waals surface area (Å²) in [5.74, 6) is 0.764. The highest BCUT2D eigenvalue weighted by Gasteiger charge is 2.10. The van der Waals surface area contributed by atoms with E-state index in [9.17, 15) is 10.1 Å². The van der Waals surface area contributed by atoms with Gasteiger partial charge in [0.1, 0.15) is 11.8 Å². The summed E-state index contributed by atoms with van der Waals surface area (Å²) in [5, 5.41) is 9.80. The zero-order valence-corrected chi connectivity index (χ0v) is 11.3. The second-order valence-corrected chi connectivity index (χ2v) is 4.57. The largest absolute Gasteiger partial charge is 0.465 e. The molecule has 0 saturated carbocycles. The van der Waals surface area contributed by atoms with Gasteiger partial charge in [-0.25, -0.2) is 4.98 Å². The summed E-state index contributed by atoms with van der Waals surface area (Å²) < 4.78 is 5.18. The molecule has 0 unspecified atom stereocenters. The monoisotopic (exact) mass is 277 g/mol. The Kier molecular flexibility index (Phi) is 3.13. The maximum atomic E-state index is 12.1. The third-order valence-corrected chi connectivity index (χ3v) is 3.14. The summed E-state index contributed by atoms with van der Waals surface area (Å²) in [4.78, 5) is 19.2. The van der Waals surface area contributed by atoms with Crippen molar-refractivity contribution in [3.63, 3.8) is 0 Å². The summed E-state index contributed by atoms with van der Waals surface area (Å²) in [7, 11) is 0. The number of rotatable bonds is 2. The fraction of sp³-hybridized carbons (Fsp3) is 0.0625. The molecule has 0 fully saturated rings. The number of hydrogen-bond donors (Lipinski definition) is 1. The van der Waals surface area contributed by atoms with Crippen LogP contribution in [0.5, 0.6) is 0 Å². The van der Waals surface area contributed by atoms with Crippen LogP contribution in [-0.4, -0.2) is 9.97 Å². The zero-order chi connectivity index (χ0) is 14.8. The SMILES string of the molecule is Cc1cccc2c(=O)[nH]c(/C(C#N)=C/c3ccco3)nc12. The van der Waals surface area contributed by atoms with Gasteiger partial charge in [0.05, 0.1) is 22.7 Å². The molecule has 2 heterocycles. The number of nitrogens with one attached hydrogen (secondary N) is 1. The Morgan fingerprint density at radius 3 is 2.95 bits per heavy atom. The molecule has 0 amide bonds. The van der Waals surface area contributed by atoms with E-state index in [1.807, 2.05) is 19.1 Å². The van der Waals surface area contributed by atoms with Gasteiger partial charge in [0, 0.05) is 6.08 Å². The molecular formula is C16H11N3O2. The van der Waals surface area contributed by atoms with Crippen LogP contribution in [0.2, 0.25) is 0 Å². The van der Waals surface area contributed by atoms with Gasteiger partial charge in [-0.15, -0.1) is 0 Å². The van der Waals surface area contributed by atoms with E-state index >= 15 is 0 Å². The number of hydrogen-bond acceptors (Lipinski definition) is 4. The van der Waals surface area contributed by atoms with E-state index in [0.29, 0.717) is 16.7 Å². The van der Waals surface area contributed by atoms with E-state index < -0.39 is 0 Å². The molecule has 0 radical (unpaired) electrons. The molecule has 0 aliphatic carbocycles. The molecule has 0 bridgehead atoms. The van der Waals surface area contributed by atoms with Crippen LogP contribution < -0.4 is 5.56 Å². The molecule has 21 heavy (non-hydrogen) atoms. The molecule has 0 aliphatic heterocycles. The van der Waals surface area contributed by atoms with Crippen molar-refractivity contribution < 1.29 is 4.42 Å². The number of H-pyrrole nitrogens is 1. The molecule has 3 aromatic rings. The number of para-hydroxylation sites is 1. The number of nitrogens with zero attached hydrogens (tertiary/aromatic N) is 2. The maximum Gasteiger partial charge on any atom is 0.259 e. The first-order valence-corrected chi connectivity index (χ1v) is 6.34. The molecule has 2 aromatic heterocycles. The quantitative estimate of drug-likeness (QED) is 0.730. The average Bonchev–Trinajstić information content (AvgIpc) is 2.99. The molecule has 3 rings (SSSR count). The van der Waals surface area contributed by atoms with Crippen LogP contribution in [0, 0.1) is 18.3 Å². The first kappa shape index (κ1) is 12.9. The number of aryl methyl sites for hydroxylation is 1. The summed E-state index contributed by atoms with van der Waals surface area (Å²) in [6.07, 6.45) is 3.06. The van der Waals surface area contributed by atoms with Crippen molar-refractivity contribution in [1.82, 2.24) is 9.97 Å². The van der Waals surface area contributed by atoms with E-state index in [4.69, 9.17) is 4.42 Å². The summed E-state index contributed by atoms with van der Waals surface area (Å²) >= 11 is 0. The van der Waals surface area contributed by atoms with Gasteiger partial charge in [-0.3, -0.25) is 4.79 Å². The highest BCUT2D eigenvalue weighted by Crippen LogP contribution is 2.17. The number of furan rings is 1. The Bertz CT molecular complexity index is 928. The lowest BCUT2D eigenvalue weighted by atomic mass is 10.1. The van der Waals surface area contributed by atoms with Crippen LogP contribution in [0.4, 0.5) is 0 Å². The normalized spacial score (nSPS) is 11.5. The minimum atomic E-state index is -0.265. The third-order valence-electron chi connectivity index (χ3n) is 3.14. The zero-order valence-electron chi connectivity index (χ0n) is 11.3. The van der Waals surface area contributed by atoms with Crippen molar-refractivity contribution in [2.24, 2.45) is 0 Å². The Morgan fingerprint density at radius 1 is 1.38 bits per heavy atom. The van der Waals surface area contributed by atoms with Crippen molar-refractivity contribution in [1.29, 1.82) is 5.26 Å². The predicted molar refractivity (Wildman–Crippen MR) is 79.3 cm³/mol. The lowest BCUT2D eigenvalue weighted by Crippen LogP contribution is -2.11. The smallest absolute Gasteiger partial charge is 0.259 e. The first-order valence-electron chi connectivity index (χ1n) is 6.34. The van der Waals surface area contributed by atoms with Gasteiger partial charge in [0.2, 0.25) is 0 Å². The molecule has 1 N–H and O–H groups in total. The van der Waals surface area contributed by atoms with Crippen molar-refractivity contribution >= 4 is 22.6 Å². The molecule has 5 heteroatoms. The second kappa shape index (κ2) is 5.10. The Morgan fingerprint density at radius 2 is 2.24 bits per heavy atom. The molecular weight excluding hydrogens is 266 g/mol. The van der Waals surface area contributed by atoms with Gasteiger partial charge >= 0.3 is 0 Å². The van der Waals surface area contributed by atoms with Crippen molar-refractivity contribution in [2.75, 3.05) is 0 Å². The number of nitriles is 1. The standard InChI is InChI=1S/C16H11N3O2/c1-10-4-2-6-13-14(10)18-15(19-16(13)20)11(9-17)8-12-5-3-7-21-12/h2-8H,1H3,(H,18,19,20)/b11-8+. The predicted octanol–water partition coefficient (Wildman–Crippen LogP) is 2.89. The van der Waals surface area contributed by atoms with E-state index in [0.717, 1.165) is 5.56 Å². The van der Waals surface area contributed by atoms with Gasteiger partial charge in [-0.1, -0.05) is 12.1 Å². The highest BCUT2D eigenvalue weighted by molar-refractivity contribution is 5.88. The molecule has 0 saturated heterocycles. The molecule has 0 spiro atoms. The fourth-order valence-corrected chi connectivity index (χ4v) is 2.10. The molecule has 5 nitrogen and oxygen atoms in total. The fourth-order valence-electron chi connectivity index (χ4n) is 2.10. The molecule has 102 valence electrons. The lowest BCUT2D eigenvalue weighted by molar-refractivity contribution is 0.557. The Balaban J connectivity index is 2.23. The Hall–Kier alpha value is -3.13. The van der Waals surface area contributed by atoms with Gasteiger partial charge < -0.3 is 9.40 Å². The summed E-state index contributed by atoms with van der Waals surface area (Å²) in [6.45, 7) is 1.88. The van der Waals surface area contributed by atoms with Gasteiger partial charge in [-0.05, 0) is 30.7 Å². The molecule has 1 aromatic carbocycles. The summed E-state index contributed by atoms with van der Waals surface area (Å²) in [5.41, 5.74) is 1.46. The molecule has 0 atom stereocenters. The first-order chi connectivity index (χ1) is 10.2. The van der Waals surface area contributed by atoms with Gasteiger partial charge in [0.25, 0.3) is 5.56 Å². The van der Waals surface area contributed by atoms with Gasteiger partial charge in [-0.2, -0.15) is 5.26 Å². The number of benzene rings is 1. The summed E-state index contributed by atoms with van der Waals surface area (Å²) in [6, 6.07) is 10.9. The number of fused-ring (bicyclic) bond motifs is 1. The van der Waals surface area contributed by atoms with E-state index in [1.165, 1.54) is 6.26 Å². The maximum absolute atomic E-state index is 12.1. The number of allylic oxidation sites excluding steroid dienone is 1. The van der Waals surface area contributed by atoms with Crippen molar-refractivity contribution in [2.45, 2.75) is 6.92 Å². The van der Waals surface area contributed by atoms with E-state index in [-0.39, 0.29) is 17.0 Å². The van der Waals surface area contributed by atoms with Crippen molar-refractivity contribution in [3.8, 4) is 6.07 Å². The molecule has 0 aliphatic rings. The third kappa shape index (κ3) is 2.35. The topological polar surface area (TPSA) is 82.7 Å². The second-order valence-electron chi connectivity index (χ2n) is 4.57. The van der Waals surface area contributed by atoms with Crippen LogP contribution >= 0.6 is 0 Å². The van der Waals surface area contributed by atoms with Crippen LogP contribution in [0.3, 0.4) is 0 Å². The van der Waals surface area contributed by atoms with Crippen LogP contribution in [0.1, 0.15) is 17.1 Å². The van der Waals surface area contributed by atoms with Crippen LogP contribution in [-0.2, 0) is 0 Å². The Labute approximate surface area is 120 Å². The minimum absolute atomic E-state index is 0.237. The van der Waals surface area contributed by atoms with Crippen LogP contribution in [0.15, 0.2) is 45.8 Å². The van der Waals surface area contributed by atoms with Crippen molar-refractivity contribution in [3.05, 3.63) is 64.1 Å². The average molecular weight is 277 g/mol. The number of aromatic amines is 1.